The Morgan fingerprint density at radius 3 is 3.00 bits per heavy atom. The molecule has 0 fully saturated rings. The second-order valence-electron chi connectivity index (χ2n) is 4.16. The van der Waals surface area contributed by atoms with Crippen LogP contribution in [0.5, 0.6) is 0 Å². The second kappa shape index (κ2) is 6.92. The molecule has 20 heavy (non-hydrogen) atoms. The molecule has 2 rings (SSSR count). The Morgan fingerprint density at radius 2 is 2.25 bits per heavy atom. The number of hydrogen-bond acceptors (Lipinski definition) is 2. The van der Waals surface area contributed by atoms with Crippen molar-refractivity contribution in [3.63, 3.8) is 0 Å². The van der Waals surface area contributed by atoms with Crippen LogP contribution in [0, 0.1) is 0 Å². The van der Waals surface area contributed by atoms with Crippen LogP contribution in [0.2, 0.25) is 5.02 Å². The number of methoxy groups -OCH3 is 1. The molecule has 1 heterocycles. The third-order valence-electron chi connectivity index (χ3n) is 2.78. The molecule has 0 atom stereocenters. The number of ether oxygens (including phenoxy) is 1. The molecule has 1 N–H and O–H groups in total. The Balaban J connectivity index is 2.16. The fraction of sp³-hybridized carbons (Fsp3) is 0.214. The highest BCUT2D eigenvalue weighted by molar-refractivity contribution is 9.10. The number of nitrogens with zero attached hydrogens (tertiary/aromatic N) is 1. The zero-order chi connectivity index (χ0) is 14.5. The maximum Gasteiger partial charge on any atom is 0.272 e. The van der Waals surface area contributed by atoms with Crippen molar-refractivity contribution in [1.29, 1.82) is 0 Å². The highest BCUT2D eigenvalue weighted by Gasteiger charge is 2.12. The SMILES string of the molecule is COCCn1cccc1C(=O)Nc1cc(Br)ccc1Cl. The van der Waals surface area contributed by atoms with Crippen molar-refractivity contribution < 1.29 is 9.53 Å². The lowest BCUT2D eigenvalue weighted by Crippen LogP contribution is -2.18. The zero-order valence-electron chi connectivity index (χ0n) is 10.9. The summed E-state index contributed by atoms with van der Waals surface area (Å²) in [6, 6.07) is 8.90. The summed E-state index contributed by atoms with van der Waals surface area (Å²) in [4.78, 5) is 12.3. The molecule has 6 heteroatoms. The summed E-state index contributed by atoms with van der Waals surface area (Å²) in [6.07, 6.45) is 1.84. The van der Waals surface area contributed by atoms with Crippen LogP contribution in [0.25, 0.3) is 0 Å². The number of benzene rings is 1. The van der Waals surface area contributed by atoms with Gasteiger partial charge < -0.3 is 14.6 Å². The topological polar surface area (TPSA) is 43.3 Å². The third kappa shape index (κ3) is 3.62. The van der Waals surface area contributed by atoms with Gasteiger partial charge in [-0.1, -0.05) is 27.5 Å². The number of rotatable bonds is 5. The van der Waals surface area contributed by atoms with E-state index in [-0.39, 0.29) is 5.91 Å². The highest BCUT2D eigenvalue weighted by atomic mass is 79.9. The van der Waals surface area contributed by atoms with Crippen molar-refractivity contribution in [3.05, 3.63) is 51.7 Å². The van der Waals surface area contributed by atoms with Crippen LogP contribution >= 0.6 is 27.5 Å². The molecule has 0 aliphatic carbocycles. The number of nitrogens with one attached hydrogen (secondary N) is 1. The lowest BCUT2D eigenvalue weighted by molar-refractivity contribution is 0.101. The summed E-state index contributed by atoms with van der Waals surface area (Å²) in [5, 5.41) is 3.30. The van der Waals surface area contributed by atoms with Gasteiger partial charge in [-0.2, -0.15) is 0 Å². The van der Waals surface area contributed by atoms with E-state index in [0.29, 0.717) is 29.6 Å². The molecule has 1 aromatic carbocycles. The van der Waals surface area contributed by atoms with E-state index in [4.69, 9.17) is 16.3 Å². The van der Waals surface area contributed by atoms with Crippen LogP contribution in [0.4, 0.5) is 5.69 Å². The smallest absolute Gasteiger partial charge is 0.272 e. The van der Waals surface area contributed by atoms with Crippen LogP contribution in [0.1, 0.15) is 10.5 Å². The Morgan fingerprint density at radius 1 is 1.45 bits per heavy atom. The fourth-order valence-corrected chi connectivity index (χ4v) is 2.31. The quantitative estimate of drug-likeness (QED) is 0.884. The van der Waals surface area contributed by atoms with Gasteiger partial charge in [0.2, 0.25) is 0 Å². The van der Waals surface area contributed by atoms with E-state index in [2.05, 4.69) is 21.2 Å². The van der Waals surface area contributed by atoms with E-state index in [1.807, 2.05) is 22.9 Å². The van der Waals surface area contributed by atoms with Crippen molar-refractivity contribution in [2.45, 2.75) is 6.54 Å². The van der Waals surface area contributed by atoms with Crippen LogP contribution < -0.4 is 5.32 Å². The standard InChI is InChI=1S/C14H14BrClN2O2/c1-20-8-7-18-6-2-3-13(18)14(19)17-12-9-10(15)4-5-11(12)16/h2-6,9H,7-8H2,1H3,(H,17,19). The monoisotopic (exact) mass is 356 g/mol. The summed E-state index contributed by atoms with van der Waals surface area (Å²) >= 11 is 9.41. The molecular formula is C14H14BrClN2O2. The van der Waals surface area contributed by atoms with Crippen molar-refractivity contribution in [1.82, 2.24) is 4.57 Å². The van der Waals surface area contributed by atoms with Gasteiger partial charge in [-0.15, -0.1) is 0 Å². The number of carbonyl (C=O) groups excluding carboxylic acids is 1. The van der Waals surface area contributed by atoms with E-state index in [0.717, 1.165) is 4.47 Å². The summed E-state index contributed by atoms with van der Waals surface area (Å²) in [6.45, 7) is 1.17. The first kappa shape index (κ1) is 15.1. The van der Waals surface area contributed by atoms with Crippen molar-refractivity contribution >= 4 is 39.1 Å². The van der Waals surface area contributed by atoms with Crippen molar-refractivity contribution in [2.75, 3.05) is 19.0 Å². The fourth-order valence-electron chi connectivity index (χ4n) is 1.78. The normalized spacial score (nSPS) is 10.6. The predicted molar refractivity (Wildman–Crippen MR) is 83.4 cm³/mol. The number of carbonyl (C=O) groups is 1. The Labute approximate surface area is 130 Å². The number of anilines is 1. The number of amides is 1. The molecule has 0 saturated carbocycles. The van der Waals surface area contributed by atoms with Crippen molar-refractivity contribution in [3.8, 4) is 0 Å². The molecular weight excluding hydrogens is 344 g/mol. The van der Waals surface area contributed by atoms with Crippen LogP contribution in [-0.4, -0.2) is 24.2 Å². The molecule has 2 aromatic rings. The molecule has 106 valence electrons. The first-order chi connectivity index (χ1) is 9.61. The van der Waals surface area contributed by atoms with Crippen LogP contribution in [-0.2, 0) is 11.3 Å². The molecule has 0 saturated heterocycles. The van der Waals surface area contributed by atoms with Gasteiger partial charge in [0.05, 0.1) is 17.3 Å². The predicted octanol–water partition coefficient (Wildman–Crippen LogP) is 3.80. The first-order valence-corrected chi connectivity index (χ1v) is 7.19. The molecule has 0 unspecified atom stereocenters. The molecule has 0 spiro atoms. The Bertz CT molecular complexity index is 613. The average molecular weight is 358 g/mol. The summed E-state index contributed by atoms with van der Waals surface area (Å²) in [7, 11) is 1.63. The van der Waals surface area contributed by atoms with Gasteiger partial charge >= 0.3 is 0 Å². The summed E-state index contributed by atoms with van der Waals surface area (Å²) in [5.41, 5.74) is 1.14. The Kier molecular flexibility index (Phi) is 5.23. The number of hydrogen-bond donors (Lipinski definition) is 1. The highest BCUT2D eigenvalue weighted by Crippen LogP contribution is 2.26. The van der Waals surface area contributed by atoms with Gasteiger partial charge in [0.25, 0.3) is 5.91 Å². The van der Waals surface area contributed by atoms with E-state index in [9.17, 15) is 4.79 Å². The first-order valence-electron chi connectivity index (χ1n) is 6.02. The van der Waals surface area contributed by atoms with Crippen LogP contribution in [0.3, 0.4) is 0 Å². The third-order valence-corrected chi connectivity index (χ3v) is 3.60. The summed E-state index contributed by atoms with van der Waals surface area (Å²) < 4.78 is 7.71. The molecule has 0 radical (unpaired) electrons. The van der Waals surface area contributed by atoms with E-state index < -0.39 is 0 Å². The minimum atomic E-state index is -0.203. The molecule has 0 bridgehead atoms. The number of halogens is 2. The van der Waals surface area contributed by atoms with E-state index in [1.54, 1.807) is 25.3 Å². The largest absolute Gasteiger partial charge is 0.383 e. The minimum Gasteiger partial charge on any atom is -0.383 e. The van der Waals surface area contributed by atoms with E-state index >= 15 is 0 Å². The average Bonchev–Trinajstić information content (AvgIpc) is 2.89. The maximum absolute atomic E-state index is 12.3. The lowest BCUT2D eigenvalue weighted by Gasteiger charge is -2.10. The van der Waals surface area contributed by atoms with Gasteiger partial charge in [-0.3, -0.25) is 4.79 Å². The maximum atomic E-state index is 12.3. The van der Waals surface area contributed by atoms with Gasteiger partial charge in [-0.25, -0.2) is 0 Å². The molecule has 0 aliphatic rings. The molecule has 1 amide bonds. The van der Waals surface area contributed by atoms with Gasteiger partial charge in [0, 0.05) is 24.3 Å². The van der Waals surface area contributed by atoms with Crippen molar-refractivity contribution in [2.24, 2.45) is 0 Å². The summed E-state index contributed by atoms with van der Waals surface area (Å²) in [5.74, 6) is -0.203. The number of aromatic nitrogens is 1. The van der Waals surface area contributed by atoms with E-state index in [1.165, 1.54) is 0 Å². The lowest BCUT2D eigenvalue weighted by atomic mass is 10.3. The van der Waals surface area contributed by atoms with Crippen LogP contribution in [0.15, 0.2) is 41.0 Å². The molecule has 4 nitrogen and oxygen atoms in total. The minimum absolute atomic E-state index is 0.203. The Hall–Kier alpha value is -1.30. The molecule has 1 aromatic heterocycles. The zero-order valence-corrected chi connectivity index (χ0v) is 13.2. The van der Waals surface area contributed by atoms with Gasteiger partial charge in [0.15, 0.2) is 0 Å². The molecule has 0 aliphatic heterocycles. The van der Waals surface area contributed by atoms with Gasteiger partial charge in [0.1, 0.15) is 5.69 Å². The second-order valence-corrected chi connectivity index (χ2v) is 5.48. The van der Waals surface area contributed by atoms with Gasteiger partial charge in [-0.05, 0) is 30.3 Å².